The molecule has 2 N–H and O–H groups in total. The molecule has 0 radical (unpaired) electrons. The number of benzene rings is 1. The van der Waals surface area contributed by atoms with Gasteiger partial charge in [0.2, 0.25) is 5.95 Å². The van der Waals surface area contributed by atoms with Crippen LogP contribution in [0.3, 0.4) is 0 Å². The van der Waals surface area contributed by atoms with E-state index in [1.54, 1.807) is 13.3 Å². The Labute approximate surface area is 100 Å². The molecule has 0 spiro atoms. The smallest absolute Gasteiger partial charge is 0.220 e. The zero-order valence-electron chi connectivity index (χ0n) is 10.2. The minimum atomic E-state index is 0.272. The van der Waals surface area contributed by atoms with Gasteiger partial charge >= 0.3 is 0 Å². The van der Waals surface area contributed by atoms with E-state index in [1.165, 1.54) is 0 Å². The number of rotatable bonds is 2. The van der Waals surface area contributed by atoms with Gasteiger partial charge in [-0.2, -0.15) is 0 Å². The van der Waals surface area contributed by atoms with Crippen molar-refractivity contribution in [3.05, 3.63) is 35.5 Å². The van der Waals surface area contributed by atoms with Crippen molar-refractivity contribution in [3.8, 4) is 17.0 Å². The van der Waals surface area contributed by atoms with Gasteiger partial charge in [-0.1, -0.05) is 11.6 Å². The molecule has 0 fully saturated rings. The van der Waals surface area contributed by atoms with Crippen LogP contribution in [-0.4, -0.2) is 17.1 Å². The van der Waals surface area contributed by atoms with Crippen molar-refractivity contribution in [2.75, 3.05) is 12.8 Å². The van der Waals surface area contributed by atoms with Crippen molar-refractivity contribution in [1.82, 2.24) is 9.97 Å². The van der Waals surface area contributed by atoms with Gasteiger partial charge in [-0.3, -0.25) is 0 Å². The highest BCUT2D eigenvalue weighted by Crippen LogP contribution is 2.31. The average molecular weight is 229 g/mol. The maximum Gasteiger partial charge on any atom is 0.220 e. The Hall–Kier alpha value is -2.10. The number of nitrogens with zero attached hydrogens (tertiary/aromatic N) is 2. The molecule has 0 aliphatic rings. The Morgan fingerprint density at radius 2 is 2.00 bits per heavy atom. The summed E-state index contributed by atoms with van der Waals surface area (Å²) < 4.78 is 5.35. The van der Waals surface area contributed by atoms with Crippen LogP contribution in [0.2, 0.25) is 0 Å². The molecule has 0 saturated heterocycles. The number of hydrogen-bond donors (Lipinski definition) is 1. The molecule has 4 nitrogen and oxygen atoms in total. The fourth-order valence-electron chi connectivity index (χ4n) is 1.74. The molecule has 2 aromatic rings. The zero-order valence-corrected chi connectivity index (χ0v) is 10.2. The fraction of sp³-hybridized carbons (Fsp3) is 0.231. The predicted molar refractivity (Wildman–Crippen MR) is 67.9 cm³/mol. The number of aryl methyl sites for hydroxylation is 2. The number of anilines is 1. The number of aromatic nitrogens is 2. The van der Waals surface area contributed by atoms with Crippen LogP contribution in [0.4, 0.5) is 5.95 Å². The molecule has 0 unspecified atom stereocenters. The number of nitrogens with two attached hydrogens (primary N) is 1. The highest BCUT2D eigenvalue weighted by atomic mass is 16.5. The van der Waals surface area contributed by atoms with Gasteiger partial charge in [0.05, 0.1) is 12.8 Å². The van der Waals surface area contributed by atoms with Gasteiger partial charge in [0.15, 0.2) is 0 Å². The third-order valence-electron chi connectivity index (χ3n) is 2.60. The first-order chi connectivity index (χ1) is 8.11. The van der Waals surface area contributed by atoms with Gasteiger partial charge in [-0.15, -0.1) is 0 Å². The lowest BCUT2D eigenvalue weighted by Crippen LogP contribution is -1.99. The predicted octanol–water partition coefficient (Wildman–Crippen LogP) is 2.35. The van der Waals surface area contributed by atoms with Crippen LogP contribution >= 0.6 is 0 Å². The summed E-state index contributed by atoms with van der Waals surface area (Å²) in [6.07, 6.45) is 1.72. The van der Waals surface area contributed by atoms with Gasteiger partial charge in [-0.25, -0.2) is 9.97 Å². The highest BCUT2D eigenvalue weighted by Gasteiger charge is 2.11. The molecule has 88 valence electrons. The molecule has 0 amide bonds. The molecule has 4 heteroatoms. The van der Waals surface area contributed by atoms with E-state index >= 15 is 0 Å². The van der Waals surface area contributed by atoms with E-state index < -0.39 is 0 Å². The van der Waals surface area contributed by atoms with Crippen molar-refractivity contribution in [2.45, 2.75) is 13.8 Å². The lowest BCUT2D eigenvalue weighted by molar-refractivity contribution is 0.416. The second kappa shape index (κ2) is 4.41. The van der Waals surface area contributed by atoms with E-state index in [4.69, 9.17) is 10.5 Å². The monoisotopic (exact) mass is 229 g/mol. The lowest BCUT2D eigenvalue weighted by atomic mass is 10.0. The molecular weight excluding hydrogens is 214 g/mol. The summed E-state index contributed by atoms with van der Waals surface area (Å²) in [4.78, 5) is 8.25. The topological polar surface area (TPSA) is 61.0 Å². The normalized spacial score (nSPS) is 10.3. The first kappa shape index (κ1) is 11.4. The van der Waals surface area contributed by atoms with Crippen molar-refractivity contribution in [1.29, 1.82) is 0 Å². The molecule has 1 aromatic heterocycles. The maximum absolute atomic E-state index is 5.63. The van der Waals surface area contributed by atoms with Crippen LogP contribution in [0.1, 0.15) is 11.1 Å². The number of methoxy groups -OCH3 is 1. The Kier molecular flexibility index (Phi) is 2.95. The standard InChI is InChI=1S/C13H15N3O/c1-8-4-5-11(17-3)10(6-8)12-9(2)7-15-13(14)16-12/h4-7H,1-3H3,(H2,14,15,16). The Bertz CT molecular complexity index is 552. The molecule has 1 aromatic carbocycles. The SMILES string of the molecule is COc1ccc(C)cc1-c1nc(N)ncc1C. The largest absolute Gasteiger partial charge is 0.496 e. The van der Waals surface area contributed by atoms with E-state index in [1.807, 2.05) is 32.0 Å². The minimum absolute atomic E-state index is 0.272. The van der Waals surface area contributed by atoms with Crippen LogP contribution in [0, 0.1) is 13.8 Å². The third kappa shape index (κ3) is 2.20. The number of nitrogen functional groups attached to an aromatic ring is 1. The van der Waals surface area contributed by atoms with Crippen LogP contribution in [-0.2, 0) is 0 Å². The molecule has 0 bridgehead atoms. The lowest BCUT2D eigenvalue weighted by Gasteiger charge is -2.11. The van der Waals surface area contributed by atoms with Crippen LogP contribution in [0.5, 0.6) is 5.75 Å². The Morgan fingerprint density at radius 1 is 1.24 bits per heavy atom. The quantitative estimate of drug-likeness (QED) is 0.858. The van der Waals surface area contributed by atoms with Crippen molar-refractivity contribution < 1.29 is 4.74 Å². The molecule has 17 heavy (non-hydrogen) atoms. The second-order valence-corrected chi connectivity index (χ2v) is 3.96. The average Bonchev–Trinajstić information content (AvgIpc) is 2.32. The van der Waals surface area contributed by atoms with Crippen molar-refractivity contribution in [2.24, 2.45) is 0 Å². The fourth-order valence-corrected chi connectivity index (χ4v) is 1.74. The van der Waals surface area contributed by atoms with Crippen LogP contribution in [0.25, 0.3) is 11.3 Å². The van der Waals surface area contributed by atoms with E-state index in [0.717, 1.165) is 28.1 Å². The van der Waals surface area contributed by atoms with Gasteiger partial charge in [0.25, 0.3) is 0 Å². The van der Waals surface area contributed by atoms with Gasteiger partial charge in [0.1, 0.15) is 5.75 Å². The zero-order chi connectivity index (χ0) is 12.4. The van der Waals surface area contributed by atoms with E-state index in [0.29, 0.717) is 0 Å². The molecule has 2 rings (SSSR count). The molecule has 1 heterocycles. The molecule has 0 saturated carbocycles. The summed E-state index contributed by atoms with van der Waals surface area (Å²) in [6, 6.07) is 5.97. The summed E-state index contributed by atoms with van der Waals surface area (Å²) in [5.74, 6) is 1.06. The van der Waals surface area contributed by atoms with E-state index in [2.05, 4.69) is 9.97 Å². The maximum atomic E-state index is 5.63. The van der Waals surface area contributed by atoms with Crippen molar-refractivity contribution in [3.63, 3.8) is 0 Å². The molecular formula is C13H15N3O. The van der Waals surface area contributed by atoms with Crippen molar-refractivity contribution >= 4 is 5.95 Å². The minimum Gasteiger partial charge on any atom is -0.496 e. The van der Waals surface area contributed by atoms with Crippen LogP contribution < -0.4 is 10.5 Å². The summed E-state index contributed by atoms with van der Waals surface area (Å²) >= 11 is 0. The van der Waals surface area contributed by atoms with E-state index in [-0.39, 0.29) is 5.95 Å². The first-order valence-corrected chi connectivity index (χ1v) is 5.36. The summed E-state index contributed by atoms with van der Waals surface area (Å²) in [5.41, 5.74) is 9.52. The second-order valence-electron chi connectivity index (χ2n) is 3.96. The molecule has 0 aliphatic carbocycles. The summed E-state index contributed by atoms with van der Waals surface area (Å²) in [6.45, 7) is 3.99. The highest BCUT2D eigenvalue weighted by molar-refractivity contribution is 5.71. The Morgan fingerprint density at radius 3 is 2.71 bits per heavy atom. The Balaban J connectivity index is 2.66. The number of ether oxygens (including phenoxy) is 1. The third-order valence-corrected chi connectivity index (χ3v) is 2.60. The van der Waals surface area contributed by atoms with Gasteiger partial charge < -0.3 is 10.5 Å². The summed E-state index contributed by atoms with van der Waals surface area (Å²) in [5, 5.41) is 0. The number of hydrogen-bond acceptors (Lipinski definition) is 4. The molecule has 0 atom stereocenters. The van der Waals surface area contributed by atoms with Crippen LogP contribution in [0.15, 0.2) is 24.4 Å². The summed E-state index contributed by atoms with van der Waals surface area (Å²) in [7, 11) is 1.65. The molecule has 0 aliphatic heterocycles. The van der Waals surface area contributed by atoms with E-state index in [9.17, 15) is 0 Å². The van der Waals surface area contributed by atoms with Gasteiger partial charge in [-0.05, 0) is 31.5 Å². The van der Waals surface area contributed by atoms with Gasteiger partial charge in [0, 0.05) is 11.8 Å². The first-order valence-electron chi connectivity index (χ1n) is 5.36.